The van der Waals surface area contributed by atoms with Crippen molar-refractivity contribution in [2.75, 3.05) is 11.9 Å². The van der Waals surface area contributed by atoms with Gasteiger partial charge in [0.05, 0.1) is 0 Å². The highest BCUT2D eigenvalue weighted by Crippen LogP contribution is 2.18. The quantitative estimate of drug-likeness (QED) is 0.602. The zero-order valence-corrected chi connectivity index (χ0v) is 8.33. The molecule has 0 fully saturated rings. The summed E-state index contributed by atoms with van der Waals surface area (Å²) in [5.74, 6) is 0. The Morgan fingerprint density at radius 3 is 2.25 bits per heavy atom. The predicted octanol–water partition coefficient (Wildman–Crippen LogP) is 2.68. The van der Waals surface area contributed by atoms with Crippen molar-refractivity contribution in [3.8, 4) is 0 Å². The first-order chi connectivity index (χ1) is 5.63. The standard InChI is InChI=1S/C10H16BN/c1-9-7-5-6-8-10(9)12(4)11(2)3/h5-8H,1-4H3. The van der Waals surface area contributed by atoms with E-state index in [4.69, 9.17) is 0 Å². The van der Waals surface area contributed by atoms with Crippen LogP contribution >= 0.6 is 0 Å². The fourth-order valence-corrected chi connectivity index (χ4v) is 1.24. The molecule has 2 heteroatoms. The minimum atomic E-state index is 0.561. The molecule has 0 saturated carbocycles. The summed E-state index contributed by atoms with van der Waals surface area (Å²) in [5, 5.41) is 0. The molecule has 0 saturated heterocycles. The summed E-state index contributed by atoms with van der Waals surface area (Å²) in [7, 11) is 2.13. The monoisotopic (exact) mass is 161 g/mol. The minimum absolute atomic E-state index is 0.561. The lowest BCUT2D eigenvalue weighted by Crippen LogP contribution is -2.30. The molecule has 1 aromatic rings. The van der Waals surface area contributed by atoms with Crippen LogP contribution in [-0.4, -0.2) is 13.9 Å². The van der Waals surface area contributed by atoms with Crippen LogP contribution < -0.4 is 4.81 Å². The van der Waals surface area contributed by atoms with E-state index in [1.54, 1.807) is 0 Å². The molecular formula is C10H16BN. The van der Waals surface area contributed by atoms with E-state index in [1.807, 2.05) is 0 Å². The molecule has 64 valence electrons. The van der Waals surface area contributed by atoms with E-state index >= 15 is 0 Å². The lowest BCUT2D eigenvalue weighted by Gasteiger charge is -2.23. The first-order valence-electron chi connectivity index (χ1n) is 4.41. The largest absolute Gasteiger partial charge is 0.418 e. The number of aryl methyl sites for hydroxylation is 1. The van der Waals surface area contributed by atoms with Gasteiger partial charge in [-0.2, -0.15) is 0 Å². The van der Waals surface area contributed by atoms with Crippen molar-refractivity contribution in [3.05, 3.63) is 29.8 Å². The van der Waals surface area contributed by atoms with Crippen LogP contribution in [0.15, 0.2) is 24.3 Å². The molecule has 1 rings (SSSR count). The molecule has 0 bridgehead atoms. The molecule has 1 aromatic carbocycles. The molecule has 0 aliphatic rings. The van der Waals surface area contributed by atoms with Crippen LogP contribution in [0.4, 0.5) is 5.69 Å². The van der Waals surface area contributed by atoms with Crippen LogP contribution in [0.2, 0.25) is 13.6 Å². The first-order valence-corrected chi connectivity index (χ1v) is 4.41. The van der Waals surface area contributed by atoms with Gasteiger partial charge in [-0.25, -0.2) is 0 Å². The van der Waals surface area contributed by atoms with Gasteiger partial charge in [0, 0.05) is 5.69 Å². The smallest absolute Gasteiger partial charge is 0.247 e. The van der Waals surface area contributed by atoms with Gasteiger partial charge >= 0.3 is 0 Å². The van der Waals surface area contributed by atoms with E-state index in [2.05, 4.69) is 56.7 Å². The van der Waals surface area contributed by atoms with Gasteiger partial charge in [-0.3, -0.25) is 0 Å². The van der Waals surface area contributed by atoms with Gasteiger partial charge in [0.15, 0.2) is 0 Å². The number of hydrogen-bond donors (Lipinski definition) is 0. The molecule has 0 spiro atoms. The van der Waals surface area contributed by atoms with Crippen LogP contribution in [0.3, 0.4) is 0 Å². The van der Waals surface area contributed by atoms with Gasteiger partial charge in [-0.1, -0.05) is 31.8 Å². The third-order valence-electron chi connectivity index (χ3n) is 2.27. The fraction of sp³-hybridized carbons (Fsp3) is 0.400. The van der Waals surface area contributed by atoms with Crippen LogP contribution in [-0.2, 0) is 0 Å². The van der Waals surface area contributed by atoms with Gasteiger partial charge < -0.3 is 4.81 Å². The topological polar surface area (TPSA) is 3.24 Å². The molecule has 12 heavy (non-hydrogen) atoms. The number of hydrogen-bond acceptors (Lipinski definition) is 1. The number of benzene rings is 1. The van der Waals surface area contributed by atoms with Gasteiger partial charge in [-0.15, -0.1) is 0 Å². The van der Waals surface area contributed by atoms with Crippen molar-refractivity contribution in [1.29, 1.82) is 0 Å². The summed E-state index contributed by atoms with van der Waals surface area (Å²) >= 11 is 0. The zero-order valence-electron chi connectivity index (χ0n) is 8.33. The third-order valence-corrected chi connectivity index (χ3v) is 2.27. The minimum Gasteiger partial charge on any atom is -0.418 e. The molecular weight excluding hydrogens is 145 g/mol. The molecule has 0 aliphatic heterocycles. The van der Waals surface area contributed by atoms with Crippen molar-refractivity contribution < 1.29 is 0 Å². The lowest BCUT2D eigenvalue weighted by atomic mass is 9.66. The van der Waals surface area contributed by atoms with Crippen molar-refractivity contribution in [2.45, 2.75) is 20.6 Å². The zero-order chi connectivity index (χ0) is 9.14. The van der Waals surface area contributed by atoms with Crippen molar-refractivity contribution in [3.63, 3.8) is 0 Å². The average molecular weight is 161 g/mol. The molecule has 0 N–H and O–H groups in total. The highest BCUT2D eigenvalue weighted by atomic mass is 15.0. The van der Waals surface area contributed by atoms with Crippen LogP contribution in [0.1, 0.15) is 5.56 Å². The maximum absolute atomic E-state index is 2.29. The Labute approximate surface area is 75.5 Å². The first kappa shape index (κ1) is 9.18. The highest BCUT2D eigenvalue weighted by Gasteiger charge is 2.09. The van der Waals surface area contributed by atoms with Gasteiger partial charge in [0.25, 0.3) is 0 Å². The molecule has 0 aromatic heterocycles. The second-order valence-corrected chi connectivity index (χ2v) is 3.49. The van der Waals surface area contributed by atoms with Crippen LogP contribution in [0, 0.1) is 6.92 Å². The lowest BCUT2D eigenvalue weighted by molar-refractivity contribution is 1.25. The van der Waals surface area contributed by atoms with E-state index in [1.165, 1.54) is 11.3 Å². The molecule has 0 aliphatic carbocycles. The van der Waals surface area contributed by atoms with E-state index < -0.39 is 0 Å². The van der Waals surface area contributed by atoms with Crippen molar-refractivity contribution in [1.82, 2.24) is 0 Å². The normalized spacial score (nSPS) is 9.67. The van der Waals surface area contributed by atoms with E-state index in [9.17, 15) is 0 Å². The Morgan fingerprint density at radius 1 is 1.17 bits per heavy atom. The van der Waals surface area contributed by atoms with Gasteiger partial charge in [0.1, 0.15) is 0 Å². The van der Waals surface area contributed by atoms with E-state index in [-0.39, 0.29) is 0 Å². The number of rotatable bonds is 2. The summed E-state index contributed by atoms with van der Waals surface area (Å²) in [5.41, 5.74) is 2.67. The van der Waals surface area contributed by atoms with E-state index in [0.717, 1.165) is 0 Å². The number of para-hydroxylation sites is 1. The molecule has 0 amide bonds. The Hall–Kier alpha value is -0.915. The summed E-state index contributed by atoms with van der Waals surface area (Å²) in [6.07, 6.45) is 0. The summed E-state index contributed by atoms with van der Waals surface area (Å²) < 4.78 is 0. The maximum Gasteiger partial charge on any atom is 0.247 e. The Morgan fingerprint density at radius 2 is 1.75 bits per heavy atom. The van der Waals surface area contributed by atoms with Crippen LogP contribution in [0.25, 0.3) is 0 Å². The fourth-order valence-electron chi connectivity index (χ4n) is 1.24. The Balaban J connectivity index is 2.94. The summed E-state index contributed by atoms with van der Waals surface area (Å²) in [4.78, 5) is 2.29. The highest BCUT2D eigenvalue weighted by molar-refractivity contribution is 6.60. The molecule has 1 nitrogen and oxygen atoms in total. The number of nitrogens with zero attached hydrogens (tertiary/aromatic N) is 1. The Bertz CT molecular complexity index is 258. The molecule has 0 unspecified atom stereocenters. The SMILES string of the molecule is CB(C)N(C)c1ccccc1C. The molecule has 0 heterocycles. The molecule has 0 radical (unpaired) electrons. The van der Waals surface area contributed by atoms with Crippen molar-refractivity contribution in [2.24, 2.45) is 0 Å². The Kier molecular flexibility index (Phi) is 2.80. The average Bonchev–Trinajstić information content (AvgIpc) is 2.04. The van der Waals surface area contributed by atoms with Crippen LogP contribution in [0.5, 0.6) is 0 Å². The second kappa shape index (κ2) is 3.66. The van der Waals surface area contributed by atoms with Gasteiger partial charge in [-0.05, 0) is 25.6 Å². The van der Waals surface area contributed by atoms with Gasteiger partial charge in [0.2, 0.25) is 6.85 Å². The maximum atomic E-state index is 2.29. The third kappa shape index (κ3) is 1.82. The predicted molar refractivity (Wildman–Crippen MR) is 57.1 cm³/mol. The summed E-state index contributed by atoms with van der Waals surface area (Å²) in [6, 6.07) is 8.47. The molecule has 0 atom stereocenters. The second-order valence-electron chi connectivity index (χ2n) is 3.49. The summed E-state index contributed by atoms with van der Waals surface area (Å²) in [6.45, 7) is 7.11. The number of anilines is 1. The van der Waals surface area contributed by atoms with E-state index in [0.29, 0.717) is 6.85 Å². The van der Waals surface area contributed by atoms with Crippen molar-refractivity contribution >= 4 is 12.5 Å².